The molecule has 0 aliphatic rings. The Morgan fingerprint density at radius 1 is 0.941 bits per heavy atom. The topological polar surface area (TPSA) is 38.7 Å². The summed E-state index contributed by atoms with van der Waals surface area (Å²) in [7, 11) is 0.600. The molecular weight excluding hydrogens is 222 g/mol. The van der Waals surface area contributed by atoms with Gasteiger partial charge in [0.2, 0.25) is 0 Å². The van der Waals surface area contributed by atoms with Crippen LogP contribution in [-0.4, -0.2) is 12.7 Å². The molecule has 85 valence electrons. The van der Waals surface area contributed by atoms with Crippen molar-refractivity contribution in [1.82, 2.24) is 0 Å². The number of hydrogen-bond donors (Lipinski definition) is 1. The van der Waals surface area contributed by atoms with Crippen molar-refractivity contribution in [3.8, 4) is 17.2 Å². The van der Waals surface area contributed by atoms with Crippen LogP contribution in [-0.2, 0) is 0 Å². The molecule has 0 aliphatic carbocycles. The van der Waals surface area contributed by atoms with Crippen molar-refractivity contribution < 1.29 is 18.8 Å². The lowest BCUT2D eigenvalue weighted by Gasteiger charge is -2.06. The maximum Gasteiger partial charge on any atom is 0.569 e. The second-order valence-electron chi connectivity index (χ2n) is 3.25. The van der Waals surface area contributed by atoms with Crippen molar-refractivity contribution in [2.75, 3.05) is 0 Å². The van der Waals surface area contributed by atoms with Crippen LogP contribution in [0.2, 0.25) is 0 Å². The molecule has 0 aromatic heterocycles. The van der Waals surface area contributed by atoms with Crippen LogP contribution in [0.1, 0.15) is 0 Å². The van der Waals surface area contributed by atoms with Crippen molar-refractivity contribution in [3.05, 3.63) is 54.3 Å². The summed E-state index contributed by atoms with van der Waals surface area (Å²) in [6.07, 6.45) is 0. The van der Waals surface area contributed by atoms with Gasteiger partial charge in [-0.05, 0) is 36.4 Å². The van der Waals surface area contributed by atoms with E-state index in [0.717, 1.165) is 0 Å². The largest absolute Gasteiger partial charge is 0.569 e. The van der Waals surface area contributed by atoms with E-state index in [2.05, 4.69) is 0 Å². The molecule has 0 saturated heterocycles. The molecule has 2 rings (SSSR count). The molecule has 3 nitrogen and oxygen atoms in total. The van der Waals surface area contributed by atoms with E-state index in [1.165, 1.54) is 12.1 Å². The average molecular weight is 231 g/mol. The van der Waals surface area contributed by atoms with E-state index in [4.69, 9.17) is 14.4 Å². The smallest absolute Gasteiger partial charge is 0.537 e. The molecule has 0 bridgehead atoms. The molecule has 17 heavy (non-hydrogen) atoms. The Morgan fingerprint density at radius 3 is 2.29 bits per heavy atom. The summed E-state index contributed by atoms with van der Waals surface area (Å²) in [5.74, 6) is 1.12. The fraction of sp³-hybridized carbons (Fsp3) is 0. The van der Waals surface area contributed by atoms with Crippen LogP contribution in [0.15, 0.2) is 48.5 Å². The minimum Gasteiger partial charge on any atom is -0.537 e. The Labute approximate surface area is 98.7 Å². The summed E-state index contributed by atoms with van der Waals surface area (Å²) in [6, 6.07) is 12.4. The second-order valence-corrected chi connectivity index (χ2v) is 3.25. The summed E-state index contributed by atoms with van der Waals surface area (Å²) in [6.45, 7) is 0. The number of ether oxygens (including phenoxy) is 1. The molecule has 0 fully saturated rings. The molecule has 2 aromatic rings. The Morgan fingerprint density at radius 2 is 1.65 bits per heavy atom. The number of rotatable bonds is 4. The van der Waals surface area contributed by atoms with Gasteiger partial charge in [0.05, 0.1) is 0 Å². The van der Waals surface area contributed by atoms with E-state index >= 15 is 0 Å². The van der Waals surface area contributed by atoms with Crippen molar-refractivity contribution in [1.29, 1.82) is 0 Å². The third kappa shape index (κ3) is 3.22. The lowest BCUT2D eigenvalue weighted by Crippen LogP contribution is -1.99. The van der Waals surface area contributed by atoms with Crippen molar-refractivity contribution in [2.24, 2.45) is 0 Å². The molecule has 5 heteroatoms. The molecule has 0 heterocycles. The zero-order chi connectivity index (χ0) is 12.1. The standard InChI is InChI=1S/C12H9BFO3/c14-9-2-1-3-12(8-9)16-10-4-6-11(7-5-10)17-13-15/h1-8,15H. The highest BCUT2D eigenvalue weighted by molar-refractivity contribution is 6.17. The van der Waals surface area contributed by atoms with Crippen LogP contribution in [0.5, 0.6) is 17.2 Å². The van der Waals surface area contributed by atoms with Crippen LogP contribution in [0.25, 0.3) is 0 Å². The molecule has 1 radical (unpaired) electrons. The van der Waals surface area contributed by atoms with Crippen LogP contribution in [0, 0.1) is 5.82 Å². The highest BCUT2D eigenvalue weighted by Crippen LogP contribution is 2.23. The van der Waals surface area contributed by atoms with Crippen LogP contribution >= 0.6 is 0 Å². The van der Waals surface area contributed by atoms with Crippen molar-refractivity contribution in [3.63, 3.8) is 0 Å². The highest BCUT2D eigenvalue weighted by Gasteiger charge is 2.00. The van der Waals surface area contributed by atoms with Gasteiger partial charge in [-0.25, -0.2) is 4.39 Å². The Balaban J connectivity index is 2.08. The molecule has 0 saturated carbocycles. The van der Waals surface area contributed by atoms with E-state index in [1.807, 2.05) is 0 Å². The zero-order valence-electron chi connectivity index (χ0n) is 8.84. The number of hydrogen-bond acceptors (Lipinski definition) is 3. The lowest BCUT2D eigenvalue weighted by molar-refractivity contribution is 0.450. The molecule has 0 aliphatic heterocycles. The van der Waals surface area contributed by atoms with Gasteiger partial charge in [-0.3, -0.25) is 0 Å². The monoisotopic (exact) mass is 231 g/mol. The summed E-state index contributed by atoms with van der Waals surface area (Å²) < 4.78 is 23.1. The van der Waals surface area contributed by atoms with Gasteiger partial charge in [-0.2, -0.15) is 0 Å². The van der Waals surface area contributed by atoms with Gasteiger partial charge in [-0.15, -0.1) is 0 Å². The average Bonchev–Trinajstić information content (AvgIpc) is 2.32. The predicted octanol–water partition coefficient (Wildman–Crippen LogP) is 2.52. The highest BCUT2D eigenvalue weighted by atomic mass is 19.1. The molecule has 1 N–H and O–H groups in total. The Bertz CT molecular complexity index is 487. The normalized spacial score (nSPS) is 9.76. The first-order valence-corrected chi connectivity index (χ1v) is 4.94. The van der Waals surface area contributed by atoms with Crippen LogP contribution < -0.4 is 9.39 Å². The molecule has 0 amide bonds. The lowest BCUT2D eigenvalue weighted by atomic mass is 10.3. The zero-order valence-corrected chi connectivity index (χ0v) is 8.84. The quantitative estimate of drug-likeness (QED) is 0.821. The first-order valence-electron chi connectivity index (χ1n) is 4.94. The van der Waals surface area contributed by atoms with E-state index < -0.39 is 0 Å². The Hall–Kier alpha value is -2.01. The van der Waals surface area contributed by atoms with Crippen molar-refractivity contribution in [2.45, 2.75) is 0 Å². The molecule has 0 spiro atoms. The number of benzene rings is 2. The fourth-order valence-corrected chi connectivity index (χ4v) is 1.31. The SMILES string of the molecule is O[B]Oc1ccc(Oc2cccc(F)c2)cc1. The van der Waals surface area contributed by atoms with Crippen molar-refractivity contribution >= 4 is 7.69 Å². The molecule has 0 unspecified atom stereocenters. The third-order valence-corrected chi connectivity index (χ3v) is 2.04. The third-order valence-electron chi connectivity index (χ3n) is 2.04. The molecule has 0 atom stereocenters. The maximum atomic E-state index is 12.9. The fourth-order valence-electron chi connectivity index (χ4n) is 1.31. The number of halogens is 1. The van der Waals surface area contributed by atoms with Gasteiger partial charge in [-0.1, -0.05) is 6.07 Å². The van der Waals surface area contributed by atoms with Gasteiger partial charge in [0.1, 0.15) is 23.1 Å². The van der Waals surface area contributed by atoms with Crippen LogP contribution in [0.3, 0.4) is 0 Å². The summed E-state index contributed by atoms with van der Waals surface area (Å²) in [5.41, 5.74) is 0. The van der Waals surface area contributed by atoms with Gasteiger partial charge >= 0.3 is 7.69 Å². The first-order chi connectivity index (χ1) is 8.28. The van der Waals surface area contributed by atoms with Gasteiger partial charge in [0.15, 0.2) is 0 Å². The first kappa shape index (κ1) is 11.5. The minimum atomic E-state index is -0.350. The van der Waals surface area contributed by atoms with E-state index in [0.29, 0.717) is 24.9 Å². The van der Waals surface area contributed by atoms with Gasteiger partial charge in [0.25, 0.3) is 0 Å². The van der Waals surface area contributed by atoms with Crippen LogP contribution in [0.4, 0.5) is 4.39 Å². The van der Waals surface area contributed by atoms with E-state index in [-0.39, 0.29) is 5.82 Å². The van der Waals surface area contributed by atoms with E-state index in [1.54, 1.807) is 36.4 Å². The van der Waals surface area contributed by atoms with Gasteiger partial charge < -0.3 is 14.4 Å². The van der Waals surface area contributed by atoms with Gasteiger partial charge in [0, 0.05) is 6.07 Å². The maximum absolute atomic E-state index is 12.9. The summed E-state index contributed by atoms with van der Waals surface area (Å²) in [5, 5.41) is 8.43. The Kier molecular flexibility index (Phi) is 3.62. The summed E-state index contributed by atoms with van der Waals surface area (Å²) >= 11 is 0. The summed E-state index contributed by atoms with van der Waals surface area (Å²) in [4.78, 5) is 0. The van der Waals surface area contributed by atoms with E-state index in [9.17, 15) is 4.39 Å². The second kappa shape index (κ2) is 5.36. The molecular formula is C12H9BFO3. The minimum absolute atomic E-state index is 0.350. The predicted molar refractivity (Wildman–Crippen MR) is 61.5 cm³/mol. The molecule has 2 aromatic carbocycles.